The third-order valence-corrected chi connectivity index (χ3v) is 2.88. The molecular formula is C7H8F3NO4S. The number of nitrogens with zero attached hydrogens (tertiary/aromatic N) is 1. The van der Waals surface area contributed by atoms with Gasteiger partial charge in [-0.1, -0.05) is 0 Å². The average Bonchev–Trinajstić information content (AvgIpc) is 2.16. The normalized spacial score (nSPS) is 21.8. The number of carbonyl (C=O) groups excluding carboxylic acids is 1. The van der Waals surface area contributed by atoms with Crippen LogP contribution in [-0.2, 0) is 19.1 Å². The largest absolute Gasteiger partial charge is 0.534 e. The number of carbonyl (C=O) groups is 1. The Bertz CT molecular complexity index is 400. The van der Waals surface area contributed by atoms with Gasteiger partial charge in [0.1, 0.15) is 0 Å². The predicted molar refractivity (Wildman–Crippen MR) is 47.1 cm³/mol. The van der Waals surface area contributed by atoms with E-state index >= 15 is 0 Å². The molecule has 0 amide bonds. The van der Waals surface area contributed by atoms with Crippen LogP contribution in [0.4, 0.5) is 13.2 Å². The monoisotopic (exact) mass is 259 g/mol. The third-order valence-electron chi connectivity index (χ3n) is 1.93. The van der Waals surface area contributed by atoms with Gasteiger partial charge in [0.25, 0.3) is 0 Å². The Morgan fingerprint density at radius 1 is 1.44 bits per heavy atom. The van der Waals surface area contributed by atoms with Gasteiger partial charge in [-0.15, -0.1) is 0 Å². The molecule has 0 bridgehead atoms. The van der Waals surface area contributed by atoms with Crippen molar-refractivity contribution in [1.82, 2.24) is 0 Å². The number of halogens is 3. The van der Waals surface area contributed by atoms with Gasteiger partial charge in [-0.3, -0.25) is 9.79 Å². The van der Waals surface area contributed by atoms with Crippen molar-refractivity contribution in [2.45, 2.75) is 18.3 Å². The molecule has 0 N–H and O–H groups in total. The molecule has 92 valence electrons. The molecule has 0 aromatic rings. The van der Waals surface area contributed by atoms with Crippen LogP contribution in [0.2, 0.25) is 0 Å². The van der Waals surface area contributed by atoms with Gasteiger partial charge in [-0.05, 0) is 19.1 Å². The maximum Gasteiger partial charge on any atom is 0.534 e. The van der Waals surface area contributed by atoms with Crippen LogP contribution in [0.5, 0.6) is 0 Å². The van der Waals surface area contributed by atoms with E-state index in [1.54, 1.807) is 0 Å². The Balaban J connectivity index is 2.68. The minimum atomic E-state index is -5.84. The summed E-state index contributed by atoms with van der Waals surface area (Å²) in [6.45, 7) is 0.270. The van der Waals surface area contributed by atoms with Crippen molar-refractivity contribution in [3.63, 3.8) is 0 Å². The predicted octanol–water partition coefficient (Wildman–Crippen LogP) is 0.860. The Labute approximate surface area is 89.4 Å². The zero-order valence-corrected chi connectivity index (χ0v) is 8.71. The lowest BCUT2D eigenvalue weighted by molar-refractivity contribution is -0.140. The molecule has 9 heteroatoms. The summed E-state index contributed by atoms with van der Waals surface area (Å²) >= 11 is 0. The van der Waals surface area contributed by atoms with E-state index in [-0.39, 0.29) is 19.4 Å². The molecule has 0 saturated heterocycles. The van der Waals surface area contributed by atoms with Crippen LogP contribution < -0.4 is 0 Å². The van der Waals surface area contributed by atoms with E-state index in [0.717, 1.165) is 0 Å². The van der Waals surface area contributed by atoms with Crippen molar-refractivity contribution in [3.8, 4) is 0 Å². The second kappa shape index (κ2) is 4.40. The molecule has 0 aromatic carbocycles. The molecule has 1 rings (SSSR count). The van der Waals surface area contributed by atoms with Crippen LogP contribution in [0, 0.1) is 5.92 Å². The smallest absolute Gasteiger partial charge is 0.339 e. The molecule has 16 heavy (non-hydrogen) atoms. The highest BCUT2D eigenvalue weighted by atomic mass is 32.2. The summed E-state index contributed by atoms with van der Waals surface area (Å²) in [6.07, 6.45) is 1.63. The Morgan fingerprint density at radius 3 is 2.50 bits per heavy atom. The summed E-state index contributed by atoms with van der Waals surface area (Å²) in [4.78, 5) is 14.8. The van der Waals surface area contributed by atoms with Gasteiger partial charge in [0.15, 0.2) is 0 Å². The number of rotatable bonds is 2. The molecule has 1 aliphatic heterocycles. The van der Waals surface area contributed by atoms with Crippen molar-refractivity contribution in [3.05, 3.63) is 0 Å². The SMILES string of the molecule is O=C(OS(=O)(=O)C(F)(F)F)C1CC=NCC1. The number of aliphatic imine (C=N–C) groups is 1. The fraction of sp³-hybridized carbons (Fsp3) is 0.714. The van der Waals surface area contributed by atoms with Gasteiger partial charge in [-0.2, -0.15) is 21.6 Å². The number of hydrogen-bond donors (Lipinski definition) is 0. The maximum absolute atomic E-state index is 11.9. The van der Waals surface area contributed by atoms with Gasteiger partial charge in [0.2, 0.25) is 0 Å². The molecule has 0 fully saturated rings. The lowest BCUT2D eigenvalue weighted by Crippen LogP contribution is -2.31. The van der Waals surface area contributed by atoms with Gasteiger partial charge >= 0.3 is 21.6 Å². The number of alkyl halides is 3. The maximum atomic E-state index is 11.9. The topological polar surface area (TPSA) is 72.8 Å². The second-order valence-corrected chi connectivity index (χ2v) is 4.65. The van der Waals surface area contributed by atoms with E-state index in [4.69, 9.17) is 0 Å². The van der Waals surface area contributed by atoms with Crippen molar-refractivity contribution in [2.75, 3.05) is 6.54 Å². The summed E-state index contributed by atoms with van der Waals surface area (Å²) in [5, 5.41) is 0. The second-order valence-electron chi connectivity index (χ2n) is 3.11. The van der Waals surface area contributed by atoms with Gasteiger partial charge in [-0.25, -0.2) is 0 Å². The highest BCUT2D eigenvalue weighted by molar-refractivity contribution is 7.88. The summed E-state index contributed by atoms with van der Waals surface area (Å²) < 4.78 is 60.1. The van der Waals surface area contributed by atoms with E-state index in [9.17, 15) is 26.4 Å². The highest BCUT2D eigenvalue weighted by Gasteiger charge is 2.50. The van der Waals surface area contributed by atoms with Crippen LogP contribution >= 0.6 is 0 Å². The highest BCUT2D eigenvalue weighted by Crippen LogP contribution is 2.26. The minimum absolute atomic E-state index is 0.0895. The molecule has 1 aliphatic rings. The summed E-state index contributed by atoms with van der Waals surface area (Å²) in [5.74, 6) is -2.27. The van der Waals surface area contributed by atoms with E-state index in [1.807, 2.05) is 0 Å². The van der Waals surface area contributed by atoms with E-state index < -0.39 is 27.5 Å². The van der Waals surface area contributed by atoms with E-state index in [2.05, 4.69) is 9.18 Å². The van der Waals surface area contributed by atoms with Crippen LogP contribution in [0.1, 0.15) is 12.8 Å². The lowest BCUT2D eigenvalue weighted by Gasteiger charge is -2.16. The minimum Gasteiger partial charge on any atom is -0.339 e. The number of hydrogen-bond acceptors (Lipinski definition) is 5. The van der Waals surface area contributed by atoms with Gasteiger partial charge < -0.3 is 4.18 Å². The standard InChI is InChI=1S/C7H8F3NO4S/c8-7(9,10)16(13,14)15-6(12)5-1-3-11-4-2-5/h3,5H,1-2,4H2. The van der Waals surface area contributed by atoms with Gasteiger partial charge in [0, 0.05) is 6.54 Å². The zero-order chi connectivity index (χ0) is 12.4. The first-order valence-corrected chi connectivity index (χ1v) is 5.68. The molecule has 0 aromatic heterocycles. The first-order valence-electron chi connectivity index (χ1n) is 4.27. The molecule has 0 saturated carbocycles. The molecule has 0 aliphatic carbocycles. The fourth-order valence-electron chi connectivity index (χ4n) is 1.08. The molecule has 1 heterocycles. The zero-order valence-electron chi connectivity index (χ0n) is 7.90. The Hall–Kier alpha value is -1.12. The summed E-state index contributed by atoms with van der Waals surface area (Å²) in [5.41, 5.74) is -5.58. The van der Waals surface area contributed by atoms with Crippen molar-refractivity contribution in [2.24, 2.45) is 10.9 Å². The Kier molecular flexibility index (Phi) is 3.56. The van der Waals surface area contributed by atoms with Crippen LogP contribution in [-0.4, -0.2) is 32.7 Å². The van der Waals surface area contributed by atoms with Gasteiger partial charge in [0.05, 0.1) is 5.92 Å². The molecule has 1 atom stereocenters. The van der Waals surface area contributed by atoms with Crippen LogP contribution in [0.15, 0.2) is 4.99 Å². The third kappa shape index (κ3) is 2.94. The molecule has 1 unspecified atom stereocenters. The van der Waals surface area contributed by atoms with E-state index in [0.29, 0.717) is 0 Å². The lowest BCUT2D eigenvalue weighted by atomic mass is 10.0. The first-order chi connectivity index (χ1) is 7.24. The van der Waals surface area contributed by atoms with Crippen molar-refractivity contribution >= 4 is 22.3 Å². The fourth-order valence-corrected chi connectivity index (χ4v) is 1.53. The molecule has 5 nitrogen and oxygen atoms in total. The molecule has 0 spiro atoms. The van der Waals surface area contributed by atoms with Crippen LogP contribution in [0.25, 0.3) is 0 Å². The summed E-state index contributed by atoms with van der Waals surface area (Å²) in [6, 6.07) is 0. The quantitative estimate of drug-likeness (QED) is 0.544. The van der Waals surface area contributed by atoms with Crippen molar-refractivity contribution < 1.29 is 30.6 Å². The van der Waals surface area contributed by atoms with E-state index in [1.165, 1.54) is 6.21 Å². The molecular weight excluding hydrogens is 251 g/mol. The van der Waals surface area contributed by atoms with Crippen molar-refractivity contribution in [1.29, 1.82) is 0 Å². The summed E-state index contributed by atoms with van der Waals surface area (Å²) in [7, 11) is -5.84. The first kappa shape index (κ1) is 12.9. The molecule has 0 radical (unpaired) electrons. The van der Waals surface area contributed by atoms with Crippen LogP contribution in [0.3, 0.4) is 0 Å². The average molecular weight is 259 g/mol. The Morgan fingerprint density at radius 2 is 2.06 bits per heavy atom.